The molecule has 96 valence electrons. The SMILES string of the molecule is CCCCN(C)CCC(C)(NCC)C(N)=O. The standard InChI is InChI=1S/C12H27N3O/c1-5-7-9-15(4)10-8-12(3,11(13)16)14-6-2/h14H,5-10H2,1-4H3,(H2,13,16). The van der Waals surface area contributed by atoms with Crippen LogP contribution in [0.1, 0.15) is 40.0 Å². The van der Waals surface area contributed by atoms with Gasteiger partial charge in [0, 0.05) is 6.54 Å². The van der Waals surface area contributed by atoms with E-state index in [-0.39, 0.29) is 5.91 Å². The Balaban J connectivity index is 4.06. The van der Waals surface area contributed by atoms with Crippen LogP contribution in [0.25, 0.3) is 0 Å². The molecule has 0 saturated heterocycles. The minimum absolute atomic E-state index is 0.266. The first kappa shape index (κ1) is 15.4. The highest BCUT2D eigenvalue weighted by Crippen LogP contribution is 2.09. The summed E-state index contributed by atoms with van der Waals surface area (Å²) in [6, 6.07) is 0. The van der Waals surface area contributed by atoms with Crippen molar-refractivity contribution in [2.75, 3.05) is 26.7 Å². The monoisotopic (exact) mass is 229 g/mol. The molecule has 0 aliphatic carbocycles. The molecule has 0 aromatic rings. The largest absolute Gasteiger partial charge is 0.368 e. The van der Waals surface area contributed by atoms with Crippen LogP contribution < -0.4 is 11.1 Å². The Labute approximate surface area is 99.6 Å². The van der Waals surface area contributed by atoms with Crippen LogP contribution in [-0.4, -0.2) is 43.0 Å². The van der Waals surface area contributed by atoms with Crippen LogP contribution in [0.3, 0.4) is 0 Å². The fourth-order valence-corrected chi connectivity index (χ4v) is 1.64. The second-order valence-corrected chi connectivity index (χ2v) is 4.63. The molecule has 0 aromatic carbocycles. The minimum Gasteiger partial charge on any atom is -0.368 e. The van der Waals surface area contributed by atoms with E-state index in [4.69, 9.17) is 5.73 Å². The van der Waals surface area contributed by atoms with E-state index in [1.807, 2.05) is 13.8 Å². The first-order chi connectivity index (χ1) is 7.46. The van der Waals surface area contributed by atoms with E-state index >= 15 is 0 Å². The van der Waals surface area contributed by atoms with Crippen molar-refractivity contribution in [3.8, 4) is 0 Å². The number of nitrogens with zero attached hydrogens (tertiary/aromatic N) is 1. The van der Waals surface area contributed by atoms with Gasteiger partial charge in [-0.05, 0) is 39.9 Å². The third-order valence-corrected chi connectivity index (χ3v) is 3.00. The smallest absolute Gasteiger partial charge is 0.237 e. The lowest BCUT2D eigenvalue weighted by molar-refractivity contribution is -0.124. The number of carbonyl (C=O) groups excluding carboxylic acids is 1. The molecule has 16 heavy (non-hydrogen) atoms. The summed E-state index contributed by atoms with van der Waals surface area (Å²) in [5.41, 5.74) is 4.85. The van der Waals surface area contributed by atoms with Gasteiger partial charge < -0.3 is 16.0 Å². The van der Waals surface area contributed by atoms with Crippen LogP contribution in [0.4, 0.5) is 0 Å². The number of hydrogen-bond donors (Lipinski definition) is 2. The lowest BCUT2D eigenvalue weighted by Gasteiger charge is -2.29. The highest BCUT2D eigenvalue weighted by atomic mass is 16.1. The predicted octanol–water partition coefficient (Wildman–Crippen LogP) is 0.962. The molecule has 4 heteroatoms. The number of unbranched alkanes of at least 4 members (excludes halogenated alkanes) is 1. The maximum absolute atomic E-state index is 11.4. The Morgan fingerprint density at radius 1 is 1.38 bits per heavy atom. The van der Waals surface area contributed by atoms with E-state index in [2.05, 4.69) is 24.2 Å². The van der Waals surface area contributed by atoms with Gasteiger partial charge in [0.2, 0.25) is 5.91 Å². The van der Waals surface area contributed by atoms with Crippen molar-refractivity contribution in [2.45, 2.75) is 45.6 Å². The van der Waals surface area contributed by atoms with Gasteiger partial charge in [-0.1, -0.05) is 20.3 Å². The molecule has 0 fully saturated rings. The lowest BCUT2D eigenvalue weighted by atomic mass is 9.96. The van der Waals surface area contributed by atoms with Gasteiger partial charge in [0.1, 0.15) is 0 Å². The first-order valence-corrected chi connectivity index (χ1v) is 6.19. The van der Waals surface area contributed by atoms with Crippen LogP contribution in [0, 0.1) is 0 Å². The van der Waals surface area contributed by atoms with Gasteiger partial charge in [-0.15, -0.1) is 0 Å². The molecule has 0 radical (unpaired) electrons. The van der Waals surface area contributed by atoms with Crippen LogP contribution in [0.2, 0.25) is 0 Å². The number of primary amides is 1. The van der Waals surface area contributed by atoms with Gasteiger partial charge in [0.15, 0.2) is 0 Å². The number of carbonyl (C=O) groups is 1. The van der Waals surface area contributed by atoms with Crippen molar-refractivity contribution in [1.29, 1.82) is 0 Å². The topological polar surface area (TPSA) is 58.4 Å². The predicted molar refractivity (Wildman–Crippen MR) is 68.3 cm³/mol. The molecular weight excluding hydrogens is 202 g/mol. The van der Waals surface area contributed by atoms with Crippen LogP contribution in [0.5, 0.6) is 0 Å². The second kappa shape index (κ2) is 7.63. The third-order valence-electron chi connectivity index (χ3n) is 3.00. The fourth-order valence-electron chi connectivity index (χ4n) is 1.64. The molecule has 1 atom stereocenters. The average Bonchev–Trinajstić information content (AvgIpc) is 2.23. The third kappa shape index (κ3) is 5.47. The van der Waals surface area contributed by atoms with Crippen LogP contribution >= 0.6 is 0 Å². The van der Waals surface area contributed by atoms with E-state index in [1.54, 1.807) is 0 Å². The summed E-state index contributed by atoms with van der Waals surface area (Å²) in [7, 11) is 2.09. The summed E-state index contributed by atoms with van der Waals surface area (Å²) in [5, 5.41) is 3.17. The van der Waals surface area contributed by atoms with Crippen LogP contribution in [-0.2, 0) is 4.79 Å². The molecule has 0 aromatic heterocycles. The zero-order valence-electron chi connectivity index (χ0n) is 11.2. The molecule has 3 N–H and O–H groups in total. The van der Waals surface area contributed by atoms with Crippen molar-refractivity contribution in [2.24, 2.45) is 5.73 Å². The Kier molecular flexibility index (Phi) is 7.34. The molecule has 0 aliphatic rings. The summed E-state index contributed by atoms with van der Waals surface area (Å²) in [6.07, 6.45) is 3.16. The fraction of sp³-hybridized carbons (Fsp3) is 0.917. The van der Waals surface area contributed by atoms with E-state index < -0.39 is 5.54 Å². The van der Waals surface area contributed by atoms with E-state index in [0.717, 1.165) is 26.1 Å². The lowest BCUT2D eigenvalue weighted by Crippen LogP contribution is -2.54. The molecule has 0 aliphatic heterocycles. The molecule has 0 heterocycles. The minimum atomic E-state index is -0.574. The van der Waals surface area contributed by atoms with Crippen molar-refractivity contribution < 1.29 is 4.79 Å². The van der Waals surface area contributed by atoms with Crippen LogP contribution in [0.15, 0.2) is 0 Å². The molecule has 0 bridgehead atoms. The summed E-state index contributed by atoms with van der Waals surface area (Å²) in [4.78, 5) is 13.6. The van der Waals surface area contributed by atoms with E-state index in [1.165, 1.54) is 12.8 Å². The second-order valence-electron chi connectivity index (χ2n) is 4.63. The van der Waals surface area contributed by atoms with Gasteiger partial charge in [-0.3, -0.25) is 4.79 Å². The molecule has 1 unspecified atom stereocenters. The maximum atomic E-state index is 11.4. The van der Waals surface area contributed by atoms with Gasteiger partial charge in [0.25, 0.3) is 0 Å². The average molecular weight is 229 g/mol. The van der Waals surface area contributed by atoms with E-state index in [0.29, 0.717) is 0 Å². The van der Waals surface area contributed by atoms with Gasteiger partial charge >= 0.3 is 0 Å². The van der Waals surface area contributed by atoms with Crippen molar-refractivity contribution >= 4 is 5.91 Å². The number of amides is 1. The normalized spacial score (nSPS) is 15.1. The Morgan fingerprint density at radius 2 is 2.00 bits per heavy atom. The van der Waals surface area contributed by atoms with Crippen molar-refractivity contribution in [1.82, 2.24) is 10.2 Å². The zero-order chi connectivity index (χ0) is 12.6. The first-order valence-electron chi connectivity index (χ1n) is 6.19. The summed E-state index contributed by atoms with van der Waals surface area (Å²) >= 11 is 0. The number of rotatable bonds is 9. The van der Waals surface area contributed by atoms with Gasteiger partial charge in [0.05, 0.1) is 5.54 Å². The maximum Gasteiger partial charge on any atom is 0.237 e. The van der Waals surface area contributed by atoms with Gasteiger partial charge in [-0.25, -0.2) is 0 Å². The number of hydrogen-bond acceptors (Lipinski definition) is 3. The molecule has 1 amide bonds. The highest BCUT2D eigenvalue weighted by molar-refractivity contribution is 5.84. The molecule has 0 saturated carbocycles. The molecule has 0 rings (SSSR count). The number of nitrogens with one attached hydrogen (secondary N) is 1. The summed E-state index contributed by atoms with van der Waals surface area (Å²) in [5.74, 6) is -0.266. The summed E-state index contributed by atoms with van der Waals surface area (Å²) in [6.45, 7) is 8.79. The number of nitrogens with two attached hydrogens (primary N) is 1. The zero-order valence-corrected chi connectivity index (χ0v) is 11.2. The summed E-state index contributed by atoms with van der Waals surface area (Å²) < 4.78 is 0. The van der Waals surface area contributed by atoms with Crippen molar-refractivity contribution in [3.63, 3.8) is 0 Å². The Hall–Kier alpha value is -0.610. The quantitative estimate of drug-likeness (QED) is 0.619. The number of likely N-dealkylation sites (N-methyl/N-ethyl adjacent to an activating group) is 1. The van der Waals surface area contributed by atoms with E-state index in [9.17, 15) is 4.79 Å². The van der Waals surface area contributed by atoms with Gasteiger partial charge in [-0.2, -0.15) is 0 Å². The van der Waals surface area contributed by atoms with Crippen molar-refractivity contribution in [3.05, 3.63) is 0 Å². The molecule has 0 spiro atoms. The Bertz CT molecular complexity index is 208. The Morgan fingerprint density at radius 3 is 2.44 bits per heavy atom. The highest BCUT2D eigenvalue weighted by Gasteiger charge is 2.29. The molecular formula is C12H27N3O. The molecule has 4 nitrogen and oxygen atoms in total.